The van der Waals surface area contributed by atoms with E-state index in [4.69, 9.17) is 8.85 Å². The topological polar surface area (TPSA) is 30.8 Å². The standard InChI is InChI=1S/C15H33NO2Si/c1-5-9-10-11-13-16-14-12-15-19(8-4,17-6-2)18-7-3/h14H,5-13,15H2,1-4H3. The van der Waals surface area contributed by atoms with Gasteiger partial charge in [-0.3, -0.25) is 4.99 Å². The third kappa shape index (κ3) is 9.36. The van der Waals surface area contributed by atoms with Crippen molar-refractivity contribution in [3.63, 3.8) is 0 Å². The summed E-state index contributed by atoms with van der Waals surface area (Å²) in [7, 11) is -1.94. The minimum absolute atomic E-state index is 0.758. The van der Waals surface area contributed by atoms with Crippen LogP contribution < -0.4 is 0 Å². The van der Waals surface area contributed by atoms with Gasteiger partial charge in [-0.2, -0.15) is 0 Å². The molecule has 0 amide bonds. The lowest BCUT2D eigenvalue weighted by Crippen LogP contribution is -2.41. The van der Waals surface area contributed by atoms with E-state index in [1.807, 2.05) is 0 Å². The third-order valence-electron chi connectivity index (χ3n) is 3.28. The van der Waals surface area contributed by atoms with Crippen molar-refractivity contribution in [1.82, 2.24) is 0 Å². The molecule has 0 radical (unpaired) electrons. The molecule has 0 spiro atoms. The van der Waals surface area contributed by atoms with Crippen LogP contribution in [0.4, 0.5) is 0 Å². The predicted molar refractivity (Wildman–Crippen MR) is 86.4 cm³/mol. The molecule has 0 saturated carbocycles. The Kier molecular flexibility index (Phi) is 12.7. The highest BCUT2D eigenvalue weighted by atomic mass is 28.4. The van der Waals surface area contributed by atoms with Crippen molar-refractivity contribution in [3.8, 4) is 0 Å². The molecule has 0 aliphatic heterocycles. The summed E-state index contributed by atoms with van der Waals surface area (Å²) < 4.78 is 11.9. The first-order valence-corrected chi connectivity index (χ1v) is 10.2. The summed E-state index contributed by atoms with van der Waals surface area (Å²) in [6.45, 7) is 11.0. The van der Waals surface area contributed by atoms with Crippen LogP contribution in [-0.4, -0.2) is 34.5 Å². The van der Waals surface area contributed by atoms with Gasteiger partial charge in [0.15, 0.2) is 0 Å². The Bertz CT molecular complexity index is 216. The van der Waals surface area contributed by atoms with Crippen LogP contribution in [0.15, 0.2) is 4.99 Å². The van der Waals surface area contributed by atoms with Crippen LogP contribution in [0.3, 0.4) is 0 Å². The van der Waals surface area contributed by atoms with Gasteiger partial charge in [-0.05, 0) is 45.0 Å². The first-order valence-electron chi connectivity index (χ1n) is 8.00. The van der Waals surface area contributed by atoms with Gasteiger partial charge < -0.3 is 8.85 Å². The normalized spacial score (nSPS) is 12.4. The van der Waals surface area contributed by atoms with E-state index in [0.29, 0.717) is 0 Å². The molecule has 0 heterocycles. The molecular weight excluding hydrogens is 254 g/mol. The van der Waals surface area contributed by atoms with Crippen molar-refractivity contribution in [1.29, 1.82) is 0 Å². The molecule has 3 nitrogen and oxygen atoms in total. The molecule has 19 heavy (non-hydrogen) atoms. The monoisotopic (exact) mass is 287 g/mol. The molecular formula is C15H33NO2Si. The number of unbranched alkanes of at least 4 members (excludes halogenated alkanes) is 3. The van der Waals surface area contributed by atoms with Gasteiger partial charge in [0.2, 0.25) is 0 Å². The van der Waals surface area contributed by atoms with Gasteiger partial charge in [0.25, 0.3) is 0 Å². The smallest absolute Gasteiger partial charge is 0.338 e. The zero-order valence-corrected chi connectivity index (χ0v) is 14.4. The Morgan fingerprint density at radius 2 is 1.63 bits per heavy atom. The number of rotatable bonds is 13. The average molecular weight is 288 g/mol. The summed E-state index contributed by atoms with van der Waals surface area (Å²) in [5, 5.41) is 0. The van der Waals surface area contributed by atoms with Crippen LogP contribution in [0.1, 0.15) is 59.8 Å². The molecule has 0 unspecified atom stereocenters. The predicted octanol–water partition coefficient (Wildman–Crippen LogP) is 4.56. The maximum Gasteiger partial charge on any atom is 0.338 e. The van der Waals surface area contributed by atoms with Gasteiger partial charge >= 0.3 is 8.56 Å². The Morgan fingerprint density at radius 1 is 0.947 bits per heavy atom. The van der Waals surface area contributed by atoms with Gasteiger partial charge in [0, 0.05) is 19.8 Å². The minimum atomic E-state index is -1.94. The quantitative estimate of drug-likeness (QED) is 0.282. The average Bonchev–Trinajstić information content (AvgIpc) is 2.42. The summed E-state index contributed by atoms with van der Waals surface area (Å²) in [4.78, 5) is 4.49. The molecule has 0 bridgehead atoms. The second kappa shape index (κ2) is 12.8. The second-order valence-corrected chi connectivity index (χ2v) is 8.42. The summed E-state index contributed by atoms with van der Waals surface area (Å²) in [5.41, 5.74) is 0. The highest BCUT2D eigenvalue weighted by Gasteiger charge is 2.33. The van der Waals surface area contributed by atoms with Crippen molar-refractivity contribution in [2.24, 2.45) is 4.99 Å². The van der Waals surface area contributed by atoms with Crippen LogP contribution >= 0.6 is 0 Å². The van der Waals surface area contributed by atoms with Crippen molar-refractivity contribution in [2.75, 3.05) is 19.8 Å². The molecule has 0 aliphatic rings. The van der Waals surface area contributed by atoms with E-state index >= 15 is 0 Å². The number of hydrogen-bond acceptors (Lipinski definition) is 3. The lowest BCUT2D eigenvalue weighted by atomic mass is 10.2. The zero-order chi connectivity index (χ0) is 14.4. The van der Waals surface area contributed by atoms with Gasteiger partial charge in [0.05, 0.1) is 0 Å². The Labute approximate surface area is 121 Å². The molecule has 0 atom stereocenters. The maximum absolute atomic E-state index is 5.93. The van der Waals surface area contributed by atoms with E-state index in [2.05, 4.69) is 38.9 Å². The van der Waals surface area contributed by atoms with E-state index in [1.165, 1.54) is 25.7 Å². The fraction of sp³-hybridized carbons (Fsp3) is 0.933. The molecule has 114 valence electrons. The first-order chi connectivity index (χ1) is 9.24. The van der Waals surface area contributed by atoms with Crippen molar-refractivity contribution >= 4 is 14.8 Å². The fourth-order valence-corrected chi connectivity index (χ4v) is 4.94. The van der Waals surface area contributed by atoms with E-state index < -0.39 is 8.56 Å². The highest BCUT2D eigenvalue weighted by Crippen LogP contribution is 2.20. The molecule has 0 aliphatic carbocycles. The molecule has 0 aromatic carbocycles. The maximum atomic E-state index is 5.93. The largest absolute Gasteiger partial charge is 0.394 e. The SMILES string of the molecule is CCCCCCN=CCC[Si](CC)(OCC)OCC. The van der Waals surface area contributed by atoms with Gasteiger partial charge in [-0.15, -0.1) is 0 Å². The van der Waals surface area contributed by atoms with E-state index in [9.17, 15) is 0 Å². The minimum Gasteiger partial charge on any atom is -0.394 e. The summed E-state index contributed by atoms with van der Waals surface area (Å²) >= 11 is 0. The fourth-order valence-electron chi connectivity index (χ4n) is 2.19. The number of aliphatic imine (C=N–C) groups is 1. The number of nitrogens with zero attached hydrogens (tertiary/aromatic N) is 1. The van der Waals surface area contributed by atoms with Crippen LogP contribution in [0, 0.1) is 0 Å². The van der Waals surface area contributed by atoms with E-state index in [0.717, 1.165) is 38.3 Å². The second-order valence-electron chi connectivity index (χ2n) is 4.82. The molecule has 0 N–H and O–H groups in total. The Hall–Kier alpha value is -0.193. The molecule has 0 saturated heterocycles. The molecule has 4 heteroatoms. The van der Waals surface area contributed by atoms with Gasteiger partial charge in [0.1, 0.15) is 0 Å². The van der Waals surface area contributed by atoms with Crippen molar-refractivity contribution in [2.45, 2.75) is 71.9 Å². The van der Waals surface area contributed by atoms with Crippen LogP contribution in [-0.2, 0) is 8.85 Å². The first kappa shape index (κ1) is 18.8. The summed E-state index contributed by atoms with van der Waals surface area (Å²) in [5.74, 6) is 0. The Morgan fingerprint density at radius 3 is 2.16 bits per heavy atom. The molecule has 0 aromatic heterocycles. The Balaban J connectivity index is 3.87. The van der Waals surface area contributed by atoms with Crippen molar-refractivity contribution < 1.29 is 8.85 Å². The van der Waals surface area contributed by atoms with Crippen LogP contribution in [0.2, 0.25) is 12.1 Å². The molecule has 0 aromatic rings. The molecule has 0 rings (SSSR count). The van der Waals surface area contributed by atoms with E-state index in [-0.39, 0.29) is 0 Å². The third-order valence-corrected chi connectivity index (χ3v) is 7.04. The zero-order valence-electron chi connectivity index (χ0n) is 13.4. The van der Waals surface area contributed by atoms with Gasteiger partial charge in [-0.1, -0.05) is 33.1 Å². The summed E-state index contributed by atoms with van der Waals surface area (Å²) in [6, 6.07) is 2.06. The molecule has 0 fully saturated rings. The lowest BCUT2D eigenvalue weighted by Gasteiger charge is -2.28. The number of hydrogen-bond donors (Lipinski definition) is 0. The highest BCUT2D eigenvalue weighted by molar-refractivity contribution is 6.67. The van der Waals surface area contributed by atoms with Gasteiger partial charge in [-0.25, -0.2) is 0 Å². The lowest BCUT2D eigenvalue weighted by molar-refractivity contribution is 0.184. The van der Waals surface area contributed by atoms with Crippen molar-refractivity contribution in [3.05, 3.63) is 0 Å². The van der Waals surface area contributed by atoms with E-state index in [1.54, 1.807) is 0 Å². The van der Waals surface area contributed by atoms with Crippen LogP contribution in [0.25, 0.3) is 0 Å². The van der Waals surface area contributed by atoms with Crippen LogP contribution in [0.5, 0.6) is 0 Å². The summed E-state index contributed by atoms with van der Waals surface area (Å²) in [6.07, 6.45) is 8.21.